The molecule has 0 saturated heterocycles. The minimum Gasteiger partial charge on any atom is -0.545 e. The van der Waals surface area contributed by atoms with E-state index >= 15 is 0 Å². The number of ketones is 1. The number of benzene rings is 3. The smallest absolute Gasteiger partial charge is 0.545 e. The molecule has 0 atom stereocenters. The molecule has 1 heterocycles. The fourth-order valence-corrected chi connectivity index (χ4v) is 3.98. The molecule has 0 aliphatic heterocycles. The molecule has 0 bridgehead atoms. The molecule has 1 aromatic heterocycles. The molecule has 0 unspecified atom stereocenters. The van der Waals surface area contributed by atoms with Crippen LogP contribution < -0.4 is 39.4 Å². The first kappa shape index (κ1) is 24.8. The van der Waals surface area contributed by atoms with E-state index in [0.29, 0.717) is 27.9 Å². The molecule has 8 heteroatoms. The van der Waals surface area contributed by atoms with E-state index in [0.717, 1.165) is 22.9 Å². The molecule has 0 fully saturated rings. The third-order valence-electron chi connectivity index (χ3n) is 5.18. The van der Waals surface area contributed by atoms with Gasteiger partial charge in [-0.05, 0) is 54.4 Å². The van der Waals surface area contributed by atoms with Crippen LogP contribution in [0.4, 0.5) is 0 Å². The first-order chi connectivity index (χ1) is 15.5. The van der Waals surface area contributed by atoms with Crippen molar-refractivity contribution < 1.29 is 49.0 Å². The molecule has 0 saturated carbocycles. The van der Waals surface area contributed by atoms with Crippen molar-refractivity contribution in [3.05, 3.63) is 94.6 Å². The maximum absolute atomic E-state index is 13.5. The molecule has 6 nitrogen and oxygen atoms in total. The number of ether oxygens (including phenoxy) is 1. The molecule has 3 aromatic carbocycles. The Hall–Kier alpha value is -2.84. The number of Topliss-reactive ketones (excluding diaryl/α,β-unsaturated/α-hetero) is 1. The minimum atomic E-state index is -1.42. The van der Waals surface area contributed by atoms with Crippen LogP contribution in [0.25, 0.3) is 16.6 Å². The molecule has 0 aliphatic rings. The van der Waals surface area contributed by atoms with Gasteiger partial charge in [0, 0.05) is 23.1 Å². The predicted molar refractivity (Wildman–Crippen MR) is 122 cm³/mol. The van der Waals surface area contributed by atoms with Gasteiger partial charge < -0.3 is 14.6 Å². The van der Waals surface area contributed by atoms with Gasteiger partial charge in [-0.1, -0.05) is 35.9 Å². The molecule has 4 aromatic rings. The van der Waals surface area contributed by atoms with Gasteiger partial charge >= 0.3 is 29.6 Å². The van der Waals surface area contributed by atoms with E-state index < -0.39 is 5.97 Å². The summed E-state index contributed by atoms with van der Waals surface area (Å²) in [7, 11) is 1.54. The zero-order valence-electron chi connectivity index (χ0n) is 18.5. The number of carboxylic acids is 1. The number of rotatable bonds is 7. The molecular formula is C25H19N2NaO4S. The summed E-state index contributed by atoms with van der Waals surface area (Å²) in [5.41, 5.74) is 3.83. The molecular weight excluding hydrogens is 447 g/mol. The van der Waals surface area contributed by atoms with Gasteiger partial charge in [-0.25, -0.2) is 0 Å². The van der Waals surface area contributed by atoms with E-state index in [1.165, 1.54) is 7.11 Å². The zero-order chi connectivity index (χ0) is 22.7. The van der Waals surface area contributed by atoms with E-state index in [-0.39, 0.29) is 52.9 Å². The number of hydrogen-bond donors (Lipinski definition) is 0. The van der Waals surface area contributed by atoms with Crippen molar-refractivity contribution in [2.45, 2.75) is 13.3 Å². The number of fused-ring (bicyclic) bond motifs is 1. The maximum Gasteiger partial charge on any atom is 1.00 e. The number of carbonyl (C=O) groups excluding carboxylic acids is 2. The summed E-state index contributed by atoms with van der Waals surface area (Å²) in [6.45, 7) is 1.97. The number of methoxy groups -OCH3 is 1. The molecule has 0 spiro atoms. The fourth-order valence-electron chi connectivity index (χ4n) is 3.46. The van der Waals surface area contributed by atoms with Crippen LogP contribution in [0.2, 0.25) is 0 Å². The molecule has 160 valence electrons. The summed E-state index contributed by atoms with van der Waals surface area (Å²) >= 11 is 1.04. The van der Waals surface area contributed by atoms with E-state index in [1.807, 2.05) is 31.2 Å². The third-order valence-corrected chi connectivity index (χ3v) is 5.73. The van der Waals surface area contributed by atoms with Crippen molar-refractivity contribution in [2.24, 2.45) is 0 Å². The Bertz CT molecular complexity index is 1330. The van der Waals surface area contributed by atoms with Crippen LogP contribution in [-0.2, 0) is 11.2 Å². The van der Waals surface area contributed by atoms with Gasteiger partial charge in [0.1, 0.15) is 16.8 Å². The van der Waals surface area contributed by atoms with Gasteiger partial charge in [0.15, 0.2) is 5.78 Å². The summed E-state index contributed by atoms with van der Waals surface area (Å²) in [5, 5.41) is 12.3. The van der Waals surface area contributed by atoms with Gasteiger partial charge in [-0.3, -0.25) is 4.79 Å². The topological polar surface area (TPSA) is 92.2 Å². The zero-order valence-corrected chi connectivity index (χ0v) is 21.3. The van der Waals surface area contributed by atoms with Crippen molar-refractivity contribution in [3.63, 3.8) is 0 Å². The van der Waals surface area contributed by atoms with Crippen molar-refractivity contribution >= 4 is 40.1 Å². The Morgan fingerprint density at radius 1 is 0.909 bits per heavy atom. The molecule has 4 rings (SSSR count). The van der Waals surface area contributed by atoms with Gasteiger partial charge in [0.25, 0.3) is 0 Å². The Labute approximate surface area is 217 Å². The van der Waals surface area contributed by atoms with E-state index in [4.69, 9.17) is 4.74 Å². The minimum absolute atomic E-state index is 0. The van der Waals surface area contributed by atoms with Crippen LogP contribution >= 0.6 is 11.7 Å². The van der Waals surface area contributed by atoms with Crippen molar-refractivity contribution in [3.8, 4) is 5.75 Å². The van der Waals surface area contributed by atoms with Crippen molar-refractivity contribution in [2.75, 3.05) is 7.11 Å². The summed E-state index contributed by atoms with van der Waals surface area (Å²) in [4.78, 5) is 25.9. The van der Waals surface area contributed by atoms with Gasteiger partial charge in [0.2, 0.25) is 0 Å². The predicted octanol–water partition coefficient (Wildman–Crippen LogP) is 0.641. The number of nitrogens with zero attached hydrogens (tertiary/aromatic N) is 2. The van der Waals surface area contributed by atoms with Crippen LogP contribution in [0, 0.1) is 6.92 Å². The van der Waals surface area contributed by atoms with Crippen LogP contribution in [0.15, 0.2) is 72.3 Å². The monoisotopic (exact) mass is 466 g/mol. The average molecular weight is 466 g/mol. The Balaban J connectivity index is 0.00000306. The number of aryl methyl sites for hydroxylation is 1. The van der Waals surface area contributed by atoms with E-state index in [1.54, 1.807) is 42.5 Å². The number of hydrogen-bond acceptors (Lipinski definition) is 7. The summed E-state index contributed by atoms with van der Waals surface area (Å²) in [6.07, 6.45) is 0.141. The van der Waals surface area contributed by atoms with Crippen LogP contribution in [0.3, 0.4) is 0 Å². The molecule has 0 N–H and O–H groups in total. The molecule has 0 radical (unpaired) electrons. The quantitative estimate of drug-likeness (QED) is 0.226. The number of carboxylic acid groups (broad SMARTS) is 1. The number of aromatic nitrogens is 2. The number of carbonyl (C=O) groups is 2. The number of aliphatic carboxylic acids is 1. The second-order valence-electron chi connectivity index (χ2n) is 7.33. The second-order valence-corrected chi connectivity index (χ2v) is 7.86. The van der Waals surface area contributed by atoms with Crippen molar-refractivity contribution in [1.82, 2.24) is 8.75 Å². The van der Waals surface area contributed by atoms with Gasteiger partial charge in [-0.2, -0.15) is 8.75 Å². The first-order valence-corrected chi connectivity index (χ1v) is 10.6. The Morgan fingerprint density at radius 3 is 2.18 bits per heavy atom. The van der Waals surface area contributed by atoms with E-state index in [2.05, 4.69) is 8.75 Å². The number of allylic oxidation sites excluding steroid dienone is 1. The Kier molecular flexibility index (Phi) is 8.15. The van der Waals surface area contributed by atoms with Crippen molar-refractivity contribution in [1.29, 1.82) is 0 Å². The van der Waals surface area contributed by atoms with Crippen LogP contribution in [0.1, 0.15) is 27.0 Å². The average Bonchev–Trinajstić information content (AvgIpc) is 3.27. The molecule has 33 heavy (non-hydrogen) atoms. The largest absolute Gasteiger partial charge is 1.00 e. The Morgan fingerprint density at radius 2 is 1.55 bits per heavy atom. The van der Waals surface area contributed by atoms with Crippen LogP contribution in [0.5, 0.6) is 5.75 Å². The fraction of sp³-hybridized carbons (Fsp3) is 0.120. The normalized spacial score (nSPS) is 11.5. The van der Waals surface area contributed by atoms with Gasteiger partial charge in [0.05, 0.1) is 24.8 Å². The summed E-state index contributed by atoms with van der Waals surface area (Å²) in [5.74, 6) is -1.20. The second kappa shape index (κ2) is 10.9. The maximum atomic E-state index is 13.5. The first-order valence-electron chi connectivity index (χ1n) is 9.87. The van der Waals surface area contributed by atoms with Gasteiger partial charge in [-0.15, -0.1) is 0 Å². The summed E-state index contributed by atoms with van der Waals surface area (Å²) < 4.78 is 13.5. The third kappa shape index (κ3) is 5.57. The standard InChI is InChI=1S/C25H20N2O4S.Na/c1-15-3-5-16(6-4-15)13-20(24(28)17-7-10-19(31-2)11-8-17)23(25(29)30)18-9-12-21-22(14-18)27-32-26-21;/h3-12,14H,13H2,1-2H3,(H,29,30);/q;+1/p-1/b23-20+;. The molecule has 0 aliphatic carbocycles. The van der Waals surface area contributed by atoms with Crippen LogP contribution in [-0.4, -0.2) is 27.6 Å². The molecule has 0 amide bonds. The SMILES string of the molecule is COc1ccc(C(=O)/C(Cc2ccc(C)cc2)=C(/C(=O)[O-])c2ccc3nsnc3c2)cc1.[Na+]. The van der Waals surface area contributed by atoms with E-state index in [9.17, 15) is 14.7 Å². The summed E-state index contributed by atoms with van der Waals surface area (Å²) in [6, 6.07) is 19.2.